The maximum atomic E-state index is 5.73. The van der Waals surface area contributed by atoms with Crippen molar-refractivity contribution in [2.45, 2.75) is 26.7 Å². The highest BCUT2D eigenvalue weighted by atomic mass is 35.5. The Balaban J connectivity index is 2.75. The molecule has 0 fully saturated rings. The molecule has 1 aromatic carbocycles. The Kier molecular flexibility index (Phi) is 2.46. The summed E-state index contributed by atoms with van der Waals surface area (Å²) < 4.78 is 5.26. The van der Waals surface area contributed by atoms with Crippen LogP contribution in [0.4, 0.5) is 0 Å². The van der Waals surface area contributed by atoms with Gasteiger partial charge in [-0.25, -0.2) is 0 Å². The molecule has 0 bridgehead atoms. The first-order valence-corrected chi connectivity index (χ1v) is 5.20. The minimum atomic E-state index is 0.225. The van der Waals surface area contributed by atoms with Crippen molar-refractivity contribution in [3.8, 4) is 0 Å². The number of oxazole rings is 1. The number of halogens is 1. The van der Waals surface area contributed by atoms with Gasteiger partial charge < -0.3 is 4.42 Å². The minimum absolute atomic E-state index is 0.225. The number of aromatic nitrogens is 1. The Hall–Kier alpha value is -1.02. The second-order valence-corrected chi connectivity index (χ2v) is 3.55. The number of hydrogen-bond donors (Lipinski definition) is 0. The largest absolute Gasteiger partial charge is 0.428 e. The van der Waals surface area contributed by atoms with E-state index in [1.54, 1.807) is 0 Å². The lowest BCUT2D eigenvalue weighted by Crippen LogP contribution is -1.91. The van der Waals surface area contributed by atoms with E-state index in [0.29, 0.717) is 0 Å². The number of aryl methyl sites for hydroxylation is 2. The zero-order valence-corrected chi connectivity index (χ0v) is 9.06. The molecule has 2 rings (SSSR count). The van der Waals surface area contributed by atoms with E-state index in [1.807, 2.05) is 6.07 Å². The van der Waals surface area contributed by atoms with Crippen LogP contribution < -0.4 is 0 Å². The molecule has 0 atom stereocenters. The quantitative estimate of drug-likeness (QED) is 0.755. The molecule has 0 unspecified atom stereocenters. The molecule has 74 valence electrons. The maximum absolute atomic E-state index is 5.73. The predicted octanol–water partition coefficient (Wildman–Crippen LogP) is 3.61. The van der Waals surface area contributed by atoms with E-state index < -0.39 is 0 Å². The van der Waals surface area contributed by atoms with E-state index in [-0.39, 0.29) is 5.35 Å². The SMILES string of the molecule is CCc1ccc2oc(Cl)nc2c1CC. The van der Waals surface area contributed by atoms with Crippen molar-refractivity contribution in [3.05, 3.63) is 28.6 Å². The topological polar surface area (TPSA) is 26.0 Å². The highest BCUT2D eigenvalue weighted by Gasteiger charge is 2.10. The molecule has 2 aromatic rings. The van der Waals surface area contributed by atoms with Gasteiger partial charge >= 0.3 is 0 Å². The normalized spacial score (nSPS) is 11.1. The number of benzene rings is 1. The van der Waals surface area contributed by atoms with Gasteiger partial charge in [0.15, 0.2) is 5.58 Å². The molecule has 0 N–H and O–H groups in total. The summed E-state index contributed by atoms with van der Waals surface area (Å²) in [6.07, 6.45) is 1.98. The predicted molar refractivity (Wildman–Crippen MR) is 57.8 cm³/mol. The van der Waals surface area contributed by atoms with Gasteiger partial charge in [0.05, 0.1) is 0 Å². The van der Waals surface area contributed by atoms with E-state index in [2.05, 4.69) is 24.9 Å². The minimum Gasteiger partial charge on any atom is -0.428 e. The van der Waals surface area contributed by atoms with E-state index in [1.165, 1.54) is 11.1 Å². The van der Waals surface area contributed by atoms with Gasteiger partial charge in [-0.05, 0) is 41.6 Å². The van der Waals surface area contributed by atoms with E-state index in [4.69, 9.17) is 16.0 Å². The van der Waals surface area contributed by atoms with Crippen LogP contribution in [0.25, 0.3) is 11.1 Å². The molecule has 0 radical (unpaired) electrons. The lowest BCUT2D eigenvalue weighted by Gasteiger charge is -2.04. The molecule has 1 aromatic heterocycles. The summed E-state index contributed by atoms with van der Waals surface area (Å²) in [4.78, 5) is 4.19. The van der Waals surface area contributed by atoms with Gasteiger partial charge in [-0.3, -0.25) is 0 Å². The van der Waals surface area contributed by atoms with Crippen LogP contribution in [-0.2, 0) is 12.8 Å². The first kappa shape index (κ1) is 9.53. The first-order chi connectivity index (χ1) is 6.76. The van der Waals surface area contributed by atoms with Crippen LogP contribution >= 0.6 is 11.6 Å². The Morgan fingerprint density at radius 2 is 2.07 bits per heavy atom. The number of rotatable bonds is 2. The Labute approximate surface area is 87.9 Å². The molecular formula is C11H12ClNO. The third-order valence-electron chi connectivity index (χ3n) is 2.47. The average Bonchev–Trinajstić information content (AvgIpc) is 2.56. The standard InChI is InChI=1S/C11H12ClNO/c1-3-7-5-6-9-10(8(7)4-2)13-11(12)14-9/h5-6H,3-4H2,1-2H3. The van der Waals surface area contributed by atoms with Crippen molar-refractivity contribution >= 4 is 22.7 Å². The van der Waals surface area contributed by atoms with Crippen molar-refractivity contribution in [2.24, 2.45) is 0 Å². The van der Waals surface area contributed by atoms with Crippen LogP contribution in [0.2, 0.25) is 5.35 Å². The lowest BCUT2D eigenvalue weighted by molar-refractivity contribution is 0.604. The van der Waals surface area contributed by atoms with Crippen LogP contribution in [0.1, 0.15) is 25.0 Å². The second-order valence-electron chi connectivity index (χ2n) is 3.22. The van der Waals surface area contributed by atoms with Crippen molar-refractivity contribution in [2.75, 3.05) is 0 Å². The molecule has 0 aliphatic rings. The third-order valence-corrected chi connectivity index (χ3v) is 2.63. The molecule has 1 heterocycles. The van der Waals surface area contributed by atoms with Gasteiger partial charge in [0, 0.05) is 0 Å². The van der Waals surface area contributed by atoms with Crippen LogP contribution in [-0.4, -0.2) is 4.98 Å². The summed E-state index contributed by atoms with van der Waals surface area (Å²) >= 11 is 5.73. The average molecular weight is 210 g/mol. The summed E-state index contributed by atoms with van der Waals surface area (Å²) in [6.45, 7) is 4.26. The summed E-state index contributed by atoms with van der Waals surface area (Å²) in [5, 5.41) is 0.225. The molecule has 0 aliphatic carbocycles. The van der Waals surface area contributed by atoms with Gasteiger partial charge in [-0.2, -0.15) is 4.98 Å². The zero-order chi connectivity index (χ0) is 10.1. The summed E-state index contributed by atoms with van der Waals surface area (Å²) in [7, 11) is 0. The van der Waals surface area contributed by atoms with E-state index in [9.17, 15) is 0 Å². The first-order valence-electron chi connectivity index (χ1n) is 4.83. The summed E-state index contributed by atoms with van der Waals surface area (Å²) in [5.74, 6) is 0. The number of fused-ring (bicyclic) bond motifs is 1. The molecule has 0 saturated carbocycles. The summed E-state index contributed by atoms with van der Waals surface area (Å²) in [5.41, 5.74) is 4.27. The van der Waals surface area contributed by atoms with Crippen LogP contribution in [0.15, 0.2) is 16.5 Å². The van der Waals surface area contributed by atoms with Crippen LogP contribution in [0, 0.1) is 0 Å². The van der Waals surface area contributed by atoms with E-state index >= 15 is 0 Å². The Morgan fingerprint density at radius 1 is 1.29 bits per heavy atom. The van der Waals surface area contributed by atoms with Gasteiger partial charge in [0.25, 0.3) is 5.35 Å². The van der Waals surface area contributed by atoms with Crippen molar-refractivity contribution in [1.29, 1.82) is 0 Å². The van der Waals surface area contributed by atoms with E-state index in [0.717, 1.165) is 23.9 Å². The Bertz CT molecular complexity index is 462. The smallest absolute Gasteiger partial charge is 0.293 e. The number of nitrogens with zero attached hydrogens (tertiary/aromatic N) is 1. The zero-order valence-electron chi connectivity index (χ0n) is 8.30. The molecule has 2 nitrogen and oxygen atoms in total. The monoisotopic (exact) mass is 209 g/mol. The molecule has 3 heteroatoms. The number of hydrogen-bond acceptors (Lipinski definition) is 2. The van der Waals surface area contributed by atoms with Gasteiger partial charge in [0.2, 0.25) is 0 Å². The maximum Gasteiger partial charge on any atom is 0.293 e. The fourth-order valence-electron chi connectivity index (χ4n) is 1.79. The molecule has 0 saturated heterocycles. The van der Waals surface area contributed by atoms with Crippen molar-refractivity contribution < 1.29 is 4.42 Å². The summed E-state index contributed by atoms with van der Waals surface area (Å²) in [6, 6.07) is 4.02. The van der Waals surface area contributed by atoms with Gasteiger partial charge in [-0.1, -0.05) is 19.9 Å². The molecule has 0 amide bonds. The third kappa shape index (κ3) is 1.40. The molecule has 0 spiro atoms. The fraction of sp³-hybridized carbons (Fsp3) is 0.364. The van der Waals surface area contributed by atoms with Gasteiger partial charge in [-0.15, -0.1) is 0 Å². The van der Waals surface area contributed by atoms with Crippen molar-refractivity contribution in [3.63, 3.8) is 0 Å². The van der Waals surface area contributed by atoms with Gasteiger partial charge in [0.1, 0.15) is 5.52 Å². The highest BCUT2D eigenvalue weighted by Crippen LogP contribution is 2.25. The molecular weight excluding hydrogens is 198 g/mol. The lowest BCUT2D eigenvalue weighted by atomic mass is 10.0. The molecule has 14 heavy (non-hydrogen) atoms. The molecule has 0 aliphatic heterocycles. The van der Waals surface area contributed by atoms with Crippen LogP contribution in [0.5, 0.6) is 0 Å². The second kappa shape index (κ2) is 3.62. The van der Waals surface area contributed by atoms with Crippen LogP contribution in [0.3, 0.4) is 0 Å². The fourth-order valence-corrected chi connectivity index (χ4v) is 1.96. The highest BCUT2D eigenvalue weighted by molar-refractivity contribution is 6.28. The Morgan fingerprint density at radius 3 is 2.71 bits per heavy atom. The van der Waals surface area contributed by atoms with Crippen molar-refractivity contribution in [1.82, 2.24) is 4.98 Å².